The molecule has 8 nitrogen and oxygen atoms in total. The molecule has 4 aromatic rings. The highest BCUT2D eigenvalue weighted by atomic mass is 32.1. The van der Waals surface area contributed by atoms with Crippen LogP contribution in [-0.4, -0.2) is 42.1 Å². The monoisotopic (exact) mass is 517 g/mol. The number of hydrogen-bond donors (Lipinski definition) is 2. The van der Waals surface area contributed by atoms with Crippen molar-refractivity contribution in [1.29, 1.82) is 0 Å². The zero-order valence-electron chi connectivity index (χ0n) is 20.3. The van der Waals surface area contributed by atoms with Crippen LogP contribution in [-0.2, 0) is 38.5 Å². The number of benzene rings is 3. The molecule has 1 aromatic heterocycles. The van der Waals surface area contributed by atoms with Crippen molar-refractivity contribution >= 4 is 40.1 Å². The van der Waals surface area contributed by atoms with Crippen LogP contribution < -0.4 is 10.6 Å². The minimum Gasteiger partial charge on any atom is -0.467 e. The molecule has 2 atom stereocenters. The van der Waals surface area contributed by atoms with E-state index in [2.05, 4.69) is 15.6 Å². The van der Waals surface area contributed by atoms with E-state index < -0.39 is 30.1 Å². The summed E-state index contributed by atoms with van der Waals surface area (Å²) >= 11 is 1.39. The molecule has 0 saturated carbocycles. The molecular formula is C28H27N3O5S. The number of hydrogen-bond acceptors (Lipinski definition) is 7. The van der Waals surface area contributed by atoms with Crippen LogP contribution >= 0.6 is 11.3 Å². The van der Waals surface area contributed by atoms with Crippen molar-refractivity contribution in [3.05, 3.63) is 101 Å². The van der Waals surface area contributed by atoms with E-state index in [1.165, 1.54) is 18.4 Å². The van der Waals surface area contributed by atoms with E-state index >= 15 is 0 Å². The number of ether oxygens (including phenoxy) is 2. The molecule has 2 N–H and O–H groups in total. The third-order valence-corrected chi connectivity index (χ3v) is 6.46. The van der Waals surface area contributed by atoms with Gasteiger partial charge in [0, 0.05) is 18.2 Å². The number of methoxy groups -OCH3 is 1. The van der Waals surface area contributed by atoms with Crippen LogP contribution in [0.4, 0.5) is 4.79 Å². The molecule has 37 heavy (non-hydrogen) atoms. The second kappa shape index (κ2) is 12.6. The highest BCUT2D eigenvalue weighted by Crippen LogP contribution is 2.20. The van der Waals surface area contributed by atoms with Gasteiger partial charge in [-0.2, -0.15) is 0 Å². The Labute approximate surface area is 218 Å². The third kappa shape index (κ3) is 7.14. The first kappa shape index (κ1) is 25.8. The standard InChI is InChI=1S/C28H27N3O5S/c1-35-27(33)25(15-22-17-37-18-29-22)30-26(32)24(31-28(34)36-16-19-8-3-2-4-9-19)14-21-12-7-11-20-10-5-6-13-23(20)21/h2-13,17-18,24-25H,14-16H2,1H3,(H,30,32)(H,31,34)/t24-,25?/m0/s1. The number of aromatic nitrogens is 1. The first-order valence-electron chi connectivity index (χ1n) is 11.7. The van der Waals surface area contributed by atoms with E-state index in [9.17, 15) is 14.4 Å². The smallest absolute Gasteiger partial charge is 0.408 e. The fraction of sp³-hybridized carbons (Fsp3) is 0.214. The number of fused-ring (bicyclic) bond motifs is 1. The first-order valence-corrected chi connectivity index (χ1v) is 12.7. The third-order valence-electron chi connectivity index (χ3n) is 5.82. The topological polar surface area (TPSA) is 107 Å². The van der Waals surface area contributed by atoms with Crippen molar-refractivity contribution < 1.29 is 23.9 Å². The minimum atomic E-state index is -1.00. The van der Waals surface area contributed by atoms with Gasteiger partial charge in [0.15, 0.2) is 0 Å². The largest absolute Gasteiger partial charge is 0.467 e. The van der Waals surface area contributed by atoms with E-state index in [0.29, 0.717) is 5.69 Å². The quantitative estimate of drug-likeness (QED) is 0.308. The predicted octanol–water partition coefficient (Wildman–Crippen LogP) is 4.03. The summed E-state index contributed by atoms with van der Waals surface area (Å²) in [5.74, 6) is -1.13. The maximum Gasteiger partial charge on any atom is 0.408 e. The molecular weight excluding hydrogens is 490 g/mol. The molecule has 1 heterocycles. The van der Waals surface area contributed by atoms with Crippen LogP contribution in [0.1, 0.15) is 16.8 Å². The van der Waals surface area contributed by atoms with Gasteiger partial charge < -0.3 is 20.1 Å². The molecule has 0 aliphatic heterocycles. The van der Waals surface area contributed by atoms with Crippen LogP contribution in [0.25, 0.3) is 10.8 Å². The molecule has 0 aliphatic rings. The summed E-state index contributed by atoms with van der Waals surface area (Å²) in [5.41, 5.74) is 4.00. The number of esters is 1. The minimum absolute atomic E-state index is 0.0594. The van der Waals surface area contributed by atoms with Gasteiger partial charge >= 0.3 is 12.1 Å². The lowest BCUT2D eigenvalue weighted by atomic mass is 9.98. The number of carbonyl (C=O) groups excluding carboxylic acids is 3. The Balaban J connectivity index is 1.53. The van der Waals surface area contributed by atoms with Crippen LogP contribution in [0.2, 0.25) is 0 Å². The van der Waals surface area contributed by atoms with E-state index in [-0.39, 0.29) is 19.4 Å². The molecule has 0 aliphatic carbocycles. The molecule has 190 valence electrons. The van der Waals surface area contributed by atoms with Crippen molar-refractivity contribution in [3.8, 4) is 0 Å². The predicted molar refractivity (Wildman–Crippen MR) is 141 cm³/mol. The maximum absolute atomic E-state index is 13.4. The number of rotatable bonds is 10. The van der Waals surface area contributed by atoms with Gasteiger partial charge in [-0.1, -0.05) is 72.8 Å². The van der Waals surface area contributed by atoms with Gasteiger partial charge in [0.2, 0.25) is 5.91 Å². The Hall–Kier alpha value is -4.24. The number of alkyl carbamates (subject to hydrolysis) is 1. The molecule has 9 heteroatoms. The van der Waals surface area contributed by atoms with Crippen molar-refractivity contribution in [2.75, 3.05) is 7.11 Å². The molecule has 0 spiro atoms. The fourth-order valence-electron chi connectivity index (χ4n) is 3.96. The molecule has 3 aromatic carbocycles. The van der Waals surface area contributed by atoms with Crippen LogP contribution in [0.5, 0.6) is 0 Å². The Morgan fingerprint density at radius 3 is 2.41 bits per heavy atom. The number of thiazole rings is 1. The van der Waals surface area contributed by atoms with Gasteiger partial charge in [0.1, 0.15) is 18.7 Å². The maximum atomic E-state index is 13.4. The van der Waals surface area contributed by atoms with E-state index in [1.54, 1.807) is 10.9 Å². The summed E-state index contributed by atoms with van der Waals surface area (Å²) < 4.78 is 10.3. The van der Waals surface area contributed by atoms with Crippen LogP contribution in [0.3, 0.4) is 0 Å². The zero-order chi connectivity index (χ0) is 26.0. The van der Waals surface area contributed by atoms with Gasteiger partial charge in [-0.05, 0) is 21.9 Å². The highest BCUT2D eigenvalue weighted by molar-refractivity contribution is 7.07. The summed E-state index contributed by atoms with van der Waals surface area (Å²) in [7, 11) is 1.26. The number of carbonyl (C=O) groups is 3. The van der Waals surface area contributed by atoms with Crippen molar-refractivity contribution in [2.24, 2.45) is 0 Å². The molecule has 0 radical (unpaired) electrons. The molecule has 1 unspecified atom stereocenters. The van der Waals surface area contributed by atoms with Crippen molar-refractivity contribution in [1.82, 2.24) is 15.6 Å². The summed E-state index contributed by atoms with van der Waals surface area (Å²) in [6.07, 6.45) is -0.377. The number of nitrogens with zero attached hydrogens (tertiary/aromatic N) is 1. The first-order chi connectivity index (χ1) is 18.0. The van der Waals surface area contributed by atoms with Gasteiger partial charge in [-0.3, -0.25) is 4.79 Å². The molecule has 2 amide bonds. The summed E-state index contributed by atoms with van der Waals surface area (Å²) in [6.45, 7) is 0.0594. The highest BCUT2D eigenvalue weighted by Gasteiger charge is 2.29. The lowest BCUT2D eigenvalue weighted by Crippen LogP contribution is -2.53. The molecule has 4 rings (SSSR count). The molecule has 0 bridgehead atoms. The molecule has 0 saturated heterocycles. The van der Waals surface area contributed by atoms with E-state index in [1.807, 2.05) is 72.8 Å². The Kier molecular flexibility index (Phi) is 8.83. The Bertz CT molecular complexity index is 1340. The van der Waals surface area contributed by atoms with Gasteiger partial charge in [0.05, 0.1) is 18.3 Å². The van der Waals surface area contributed by atoms with Crippen LogP contribution in [0.15, 0.2) is 83.7 Å². The molecule has 0 fully saturated rings. The Morgan fingerprint density at radius 2 is 1.65 bits per heavy atom. The van der Waals surface area contributed by atoms with E-state index in [4.69, 9.17) is 9.47 Å². The van der Waals surface area contributed by atoms with Crippen molar-refractivity contribution in [3.63, 3.8) is 0 Å². The van der Waals surface area contributed by atoms with Gasteiger partial charge in [-0.15, -0.1) is 11.3 Å². The van der Waals surface area contributed by atoms with Gasteiger partial charge in [0.25, 0.3) is 0 Å². The van der Waals surface area contributed by atoms with Gasteiger partial charge in [-0.25, -0.2) is 14.6 Å². The SMILES string of the molecule is COC(=O)C(Cc1cscn1)NC(=O)[C@H](Cc1cccc2ccccc12)NC(=O)OCc1ccccc1. The lowest BCUT2D eigenvalue weighted by molar-refractivity contribution is -0.145. The summed E-state index contributed by atoms with van der Waals surface area (Å²) in [4.78, 5) is 42.8. The summed E-state index contributed by atoms with van der Waals surface area (Å²) in [5, 5.41) is 9.20. The second-order valence-electron chi connectivity index (χ2n) is 8.37. The Morgan fingerprint density at radius 1 is 0.892 bits per heavy atom. The average Bonchev–Trinajstić information content (AvgIpc) is 3.44. The number of nitrogens with one attached hydrogen (secondary N) is 2. The fourth-order valence-corrected chi connectivity index (χ4v) is 4.53. The number of amides is 2. The van der Waals surface area contributed by atoms with E-state index in [0.717, 1.165) is 21.9 Å². The van der Waals surface area contributed by atoms with Crippen LogP contribution in [0, 0.1) is 0 Å². The van der Waals surface area contributed by atoms with Crippen molar-refractivity contribution in [2.45, 2.75) is 31.5 Å². The summed E-state index contributed by atoms with van der Waals surface area (Å²) in [6, 6.07) is 20.9. The zero-order valence-corrected chi connectivity index (χ0v) is 21.1. The normalized spacial score (nSPS) is 12.4. The second-order valence-corrected chi connectivity index (χ2v) is 9.09. The average molecular weight is 518 g/mol. The lowest BCUT2D eigenvalue weighted by Gasteiger charge is -2.22.